The van der Waals surface area contributed by atoms with Crippen molar-refractivity contribution in [2.75, 3.05) is 7.11 Å². The van der Waals surface area contributed by atoms with Crippen LogP contribution in [0.25, 0.3) is 16.8 Å². The third kappa shape index (κ3) is 2.23. The van der Waals surface area contributed by atoms with Gasteiger partial charge in [0.1, 0.15) is 17.6 Å². The molecule has 0 N–H and O–H groups in total. The lowest BCUT2D eigenvalue weighted by atomic mass is 10.0. The molecule has 22 heavy (non-hydrogen) atoms. The van der Waals surface area contributed by atoms with Gasteiger partial charge < -0.3 is 9.47 Å². The van der Waals surface area contributed by atoms with Gasteiger partial charge in [-0.15, -0.1) is 0 Å². The lowest BCUT2D eigenvalue weighted by Gasteiger charge is -2.22. The van der Waals surface area contributed by atoms with Crippen LogP contribution >= 0.6 is 0 Å². The van der Waals surface area contributed by atoms with Crippen molar-refractivity contribution >= 4 is 16.8 Å². The van der Waals surface area contributed by atoms with E-state index < -0.39 is 0 Å². The number of rotatable bonds is 2. The van der Waals surface area contributed by atoms with Gasteiger partial charge in [-0.1, -0.05) is 42.5 Å². The standard InChI is InChI=1S/C20H16O2/c1-21-18-10-8-15-12-17(7-6-16(15)13-18)20-11-9-14-4-2-3-5-19(14)22-20/h2-13,20H,1H3. The third-order valence-corrected chi connectivity index (χ3v) is 4.02. The highest BCUT2D eigenvalue weighted by Crippen LogP contribution is 2.33. The molecule has 0 spiro atoms. The van der Waals surface area contributed by atoms with Crippen LogP contribution in [0.4, 0.5) is 0 Å². The first-order valence-corrected chi connectivity index (χ1v) is 7.35. The summed E-state index contributed by atoms with van der Waals surface area (Å²) in [4.78, 5) is 0. The number of para-hydroxylation sites is 1. The Morgan fingerprint density at radius 1 is 0.909 bits per heavy atom. The first-order valence-electron chi connectivity index (χ1n) is 7.35. The first-order chi connectivity index (χ1) is 10.8. The number of benzene rings is 3. The molecule has 0 bridgehead atoms. The second kappa shape index (κ2) is 5.23. The summed E-state index contributed by atoms with van der Waals surface area (Å²) in [5.74, 6) is 1.81. The van der Waals surface area contributed by atoms with Crippen LogP contribution in [-0.4, -0.2) is 7.11 Å². The Bertz CT molecular complexity index is 864. The zero-order chi connectivity index (χ0) is 14.9. The van der Waals surface area contributed by atoms with Crippen molar-refractivity contribution in [3.05, 3.63) is 77.9 Å². The van der Waals surface area contributed by atoms with Crippen LogP contribution in [-0.2, 0) is 0 Å². The SMILES string of the molecule is COc1ccc2cc(C3C=Cc4ccccc4O3)ccc2c1. The van der Waals surface area contributed by atoms with Gasteiger partial charge in [-0.2, -0.15) is 0 Å². The van der Waals surface area contributed by atoms with E-state index in [1.165, 1.54) is 10.8 Å². The molecule has 3 aromatic carbocycles. The zero-order valence-corrected chi connectivity index (χ0v) is 12.3. The van der Waals surface area contributed by atoms with Gasteiger partial charge in [0.15, 0.2) is 0 Å². The molecule has 108 valence electrons. The van der Waals surface area contributed by atoms with Gasteiger partial charge >= 0.3 is 0 Å². The molecule has 0 amide bonds. The molecule has 1 aliphatic rings. The molecule has 0 radical (unpaired) electrons. The van der Waals surface area contributed by atoms with Crippen LogP contribution in [0.5, 0.6) is 11.5 Å². The van der Waals surface area contributed by atoms with Crippen molar-refractivity contribution in [3.8, 4) is 11.5 Å². The van der Waals surface area contributed by atoms with Gasteiger partial charge in [-0.25, -0.2) is 0 Å². The Balaban J connectivity index is 1.70. The average molecular weight is 288 g/mol. The molecule has 0 saturated heterocycles. The van der Waals surface area contributed by atoms with E-state index in [2.05, 4.69) is 42.5 Å². The third-order valence-electron chi connectivity index (χ3n) is 4.02. The normalized spacial score (nSPS) is 16.1. The van der Waals surface area contributed by atoms with Crippen LogP contribution in [0, 0.1) is 0 Å². The highest BCUT2D eigenvalue weighted by atomic mass is 16.5. The van der Waals surface area contributed by atoms with Crippen molar-refractivity contribution in [1.29, 1.82) is 0 Å². The maximum absolute atomic E-state index is 6.10. The van der Waals surface area contributed by atoms with E-state index in [9.17, 15) is 0 Å². The summed E-state index contributed by atoms with van der Waals surface area (Å²) < 4.78 is 11.4. The fraction of sp³-hybridized carbons (Fsp3) is 0.100. The Morgan fingerprint density at radius 3 is 2.64 bits per heavy atom. The summed E-state index contributed by atoms with van der Waals surface area (Å²) in [7, 11) is 1.69. The minimum atomic E-state index is -0.0404. The molecular formula is C20H16O2. The second-order valence-electron chi connectivity index (χ2n) is 5.41. The molecule has 0 aromatic heterocycles. The van der Waals surface area contributed by atoms with Gasteiger partial charge in [0, 0.05) is 5.56 Å². The zero-order valence-electron chi connectivity index (χ0n) is 12.3. The van der Waals surface area contributed by atoms with Gasteiger partial charge in [0.05, 0.1) is 7.11 Å². The molecule has 2 nitrogen and oxygen atoms in total. The maximum atomic E-state index is 6.10. The second-order valence-corrected chi connectivity index (χ2v) is 5.41. The summed E-state index contributed by atoms with van der Waals surface area (Å²) >= 11 is 0. The van der Waals surface area contributed by atoms with Gasteiger partial charge in [-0.3, -0.25) is 0 Å². The Morgan fingerprint density at radius 2 is 1.73 bits per heavy atom. The van der Waals surface area contributed by atoms with E-state index in [1.807, 2.05) is 30.3 Å². The molecule has 0 fully saturated rings. The smallest absolute Gasteiger partial charge is 0.142 e. The molecule has 3 aromatic rings. The lowest BCUT2D eigenvalue weighted by Crippen LogP contribution is -2.08. The quantitative estimate of drug-likeness (QED) is 0.661. The van der Waals surface area contributed by atoms with Gasteiger partial charge in [0.25, 0.3) is 0 Å². The summed E-state index contributed by atoms with van der Waals surface area (Å²) in [6.45, 7) is 0. The maximum Gasteiger partial charge on any atom is 0.142 e. The molecule has 1 unspecified atom stereocenters. The van der Waals surface area contributed by atoms with Crippen molar-refractivity contribution in [1.82, 2.24) is 0 Å². The van der Waals surface area contributed by atoms with Crippen LogP contribution in [0.1, 0.15) is 17.2 Å². The van der Waals surface area contributed by atoms with E-state index in [4.69, 9.17) is 9.47 Å². The summed E-state index contributed by atoms with van der Waals surface area (Å²) in [5.41, 5.74) is 2.28. The van der Waals surface area contributed by atoms with Crippen LogP contribution < -0.4 is 9.47 Å². The number of hydrogen-bond acceptors (Lipinski definition) is 2. The first kappa shape index (κ1) is 13.0. The number of hydrogen-bond donors (Lipinski definition) is 0. The van der Waals surface area contributed by atoms with Gasteiger partial charge in [0.2, 0.25) is 0 Å². The van der Waals surface area contributed by atoms with E-state index in [0.717, 1.165) is 22.6 Å². The summed E-state index contributed by atoms with van der Waals surface area (Å²) in [6.07, 6.45) is 4.19. The summed E-state index contributed by atoms with van der Waals surface area (Å²) in [5, 5.41) is 2.36. The largest absolute Gasteiger partial charge is 0.497 e. The molecule has 2 heteroatoms. The van der Waals surface area contributed by atoms with Gasteiger partial charge in [-0.05, 0) is 46.7 Å². The molecule has 1 atom stereocenters. The molecule has 1 aliphatic heterocycles. The topological polar surface area (TPSA) is 18.5 Å². The average Bonchev–Trinajstić information content (AvgIpc) is 2.60. The fourth-order valence-corrected chi connectivity index (χ4v) is 2.82. The Hall–Kier alpha value is -2.74. The molecule has 0 saturated carbocycles. The monoisotopic (exact) mass is 288 g/mol. The Labute approximate surface area is 129 Å². The predicted molar refractivity (Wildman–Crippen MR) is 89.3 cm³/mol. The molecule has 4 rings (SSSR count). The van der Waals surface area contributed by atoms with E-state index in [1.54, 1.807) is 7.11 Å². The molecular weight excluding hydrogens is 272 g/mol. The summed E-state index contributed by atoms with van der Waals surface area (Å²) in [6, 6.07) is 20.6. The number of ether oxygens (including phenoxy) is 2. The molecule has 0 aliphatic carbocycles. The minimum absolute atomic E-state index is 0.0404. The van der Waals surface area contributed by atoms with Crippen LogP contribution in [0.3, 0.4) is 0 Å². The Kier molecular flexibility index (Phi) is 3.08. The van der Waals surface area contributed by atoms with Crippen molar-refractivity contribution < 1.29 is 9.47 Å². The highest BCUT2D eigenvalue weighted by Gasteiger charge is 2.16. The van der Waals surface area contributed by atoms with E-state index >= 15 is 0 Å². The van der Waals surface area contributed by atoms with E-state index in [0.29, 0.717) is 0 Å². The van der Waals surface area contributed by atoms with E-state index in [-0.39, 0.29) is 6.10 Å². The lowest BCUT2D eigenvalue weighted by molar-refractivity contribution is 0.252. The predicted octanol–water partition coefficient (Wildman–Crippen LogP) is 5.00. The van der Waals surface area contributed by atoms with Crippen LogP contribution in [0.15, 0.2) is 66.7 Å². The fourth-order valence-electron chi connectivity index (χ4n) is 2.82. The number of fused-ring (bicyclic) bond motifs is 2. The minimum Gasteiger partial charge on any atom is -0.497 e. The van der Waals surface area contributed by atoms with Crippen LogP contribution in [0.2, 0.25) is 0 Å². The van der Waals surface area contributed by atoms with Crippen molar-refractivity contribution in [3.63, 3.8) is 0 Å². The van der Waals surface area contributed by atoms with Crippen molar-refractivity contribution in [2.24, 2.45) is 0 Å². The number of methoxy groups -OCH3 is 1. The van der Waals surface area contributed by atoms with Crippen molar-refractivity contribution in [2.45, 2.75) is 6.10 Å². The highest BCUT2D eigenvalue weighted by molar-refractivity contribution is 5.84. The molecule has 1 heterocycles.